The molecule has 2 aromatic carbocycles. The molecule has 29 heavy (non-hydrogen) atoms. The second-order valence-electron chi connectivity index (χ2n) is 7.09. The van der Waals surface area contributed by atoms with Gasteiger partial charge in [0.2, 0.25) is 0 Å². The van der Waals surface area contributed by atoms with Gasteiger partial charge in [-0.1, -0.05) is 18.2 Å². The molecule has 0 aromatic heterocycles. The zero-order valence-electron chi connectivity index (χ0n) is 15.9. The van der Waals surface area contributed by atoms with Crippen LogP contribution in [0.4, 0.5) is 17.6 Å². The minimum Gasteiger partial charge on any atom is -0.493 e. The first-order valence-electron chi connectivity index (χ1n) is 9.25. The van der Waals surface area contributed by atoms with Crippen molar-refractivity contribution in [1.82, 2.24) is 0 Å². The summed E-state index contributed by atoms with van der Waals surface area (Å²) < 4.78 is 58.5. The maximum atomic E-state index is 13.4. The maximum absolute atomic E-state index is 13.4. The van der Waals surface area contributed by atoms with E-state index in [0.717, 1.165) is 11.6 Å². The summed E-state index contributed by atoms with van der Waals surface area (Å²) >= 11 is 0. The van der Waals surface area contributed by atoms with Crippen molar-refractivity contribution >= 4 is 0 Å². The predicted molar refractivity (Wildman–Crippen MR) is 101 cm³/mol. The first kappa shape index (κ1) is 23.1. The van der Waals surface area contributed by atoms with Crippen molar-refractivity contribution < 1.29 is 32.5 Å². The van der Waals surface area contributed by atoms with E-state index in [0.29, 0.717) is 18.4 Å². The van der Waals surface area contributed by atoms with E-state index in [1.807, 2.05) is 0 Å². The summed E-state index contributed by atoms with van der Waals surface area (Å²) in [4.78, 5) is 0. The van der Waals surface area contributed by atoms with Gasteiger partial charge in [-0.2, -0.15) is 13.2 Å². The number of halogens is 4. The van der Waals surface area contributed by atoms with E-state index < -0.39 is 30.5 Å². The number of alkyl halides is 3. The zero-order valence-corrected chi connectivity index (χ0v) is 15.9. The fourth-order valence-electron chi connectivity index (χ4n) is 2.79. The molecular weight excluding hydrogens is 390 g/mol. The number of ether oxygens (including phenoxy) is 1. The third-order valence-electron chi connectivity index (χ3n) is 4.67. The van der Waals surface area contributed by atoms with Gasteiger partial charge >= 0.3 is 6.18 Å². The Labute approximate surface area is 166 Å². The number of hydrogen-bond acceptors (Lipinski definition) is 4. The Balaban J connectivity index is 2.00. The molecule has 0 aliphatic carbocycles. The van der Waals surface area contributed by atoms with Gasteiger partial charge < -0.3 is 20.7 Å². The molecule has 0 aliphatic heterocycles. The molecule has 0 aliphatic rings. The molecule has 2 rings (SSSR count). The van der Waals surface area contributed by atoms with Crippen LogP contribution in [0.1, 0.15) is 29.5 Å². The fraction of sp³-hybridized carbons (Fsp3) is 0.429. The molecule has 0 saturated carbocycles. The molecule has 0 radical (unpaired) electrons. The van der Waals surface area contributed by atoms with Crippen LogP contribution in [0, 0.1) is 5.82 Å². The Kier molecular flexibility index (Phi) is 8.01. The van der Waals surface area contributed by atoms with Gasteiger partial charge in [-0.25, -0.2) is 4.39 Å². The van der Waals surface area contributed by atoms with Crippen molar-refractivity contribution in [1.29, 1.82) is 0 Å². The summed E-state index contributed by atoms with van der Waals surface area (Å²) in [6.07, 6.45) is -3.25. The predicted octanol–water partition coefficient (Wildman–Crippen LogP) is 3.47. The highest BCUT2D eigenvalue weighted by molar-refractivity contribution is 5.39. The van der Waals surface area contributed by atoms with Crippen molar-refractivity contribution in [3.8, 4) is 5.75 Å². The van der Waals surface area contributed by atoms with Gasteiger partial charge in [-0.15, -0.1) is 0 Å². The van der Waals surface area contributed by atoms with Crippen molar-refractivity contribution in [2.24, 2.45) is 5.73 Å². The number of benzene rings is 2. The second kappa shape index (κ2) is 10.0. The van der Waals surface area contributed by atoms with E-state index in [2.05, 4.69) is 0 Å². The molecule has 0 fully saturated rings. The largest absolute Gasteiger partial charge is 0.493 e. The molecular formula is C21H25F4NO3. The van der Waals surface area contributed by atoms with Gasteiger partial charge in [0.15, 0.2) is 0 Å². The zero-order chi connectivity index (χ0) is 21.5. The number of aliphatic hydroxyl groups excluding tert-OH is 2. The summed E-state index contributed by atoms with van der Waals surface area (Å²) in [5, 5.41) is 18.4. The summed E-state index contributed by atoms with van der Waals surface area (Å²) in [6, 6.07) is 9.71. The van der Waals surface area contributed by atoms with Crippen LogP contribution >= 0.6 is 0 Å². The number of nitrogens with two attached hydrogens (primary N) is 1. The van der Waals surface area contributed by atoms with E-state index >= 15 is 0 Å². The highest BCUT2D eigenvalue weighted by atomic mass is 19.4. The lowest BCUT2D eigenvalue weighted by Gasteiger charge is -2.24. The van der Waals surface area contributed by atoms with Crippen LogP contribution in [0.3, 0.4) is 0 Å². The molecule has 2 aromatic rings. The Hall–Kier alpha value is -2.16. The Morgan fingerprint density at radius 1 is 0.897 bits per heavy atom. The first-order valence-corrected chi connectivity index (χ1v) is 9.25. The quantitative estimate of drug-likeness (QED) is 0.410. The van der Waals surface area contributed by atoms with E-state index in [4.69, 9.17) is 10.5 Å². The Bertz CT molecular complexity index is 774. The topological polar surface area (TPSA) is 75.7 Å². The van der Waals surface area contributed by atoms with E-state index in [-0.39, 0.29) is 31.0 Å². The molecule has 0 heterocycles. The van der Waals surface area contributed by atoms with Gasteiger partial charge in [0, 0.05) is 0 Å². The summed E-state index contributed by atoms with van der Waals surface area (Å²) in [7, 11) is 0. The van der Waals surface area contributed by atoms with Gasteiger partial charge in [-0.3, -0.25) is 0 Å². The lowest BCUT2D eigenvalue weighted by atomic mass is 9.93. The average molecular weight is 415 g/mol. The SMILES string of the molecule is NC(CO)(CO)CCc1ccc(OCCCc2ccc(F)cc2)c(C(F)(F)F)c1. The van der Waals surface area contributed by atoms with Gasteiger partial charge in [-0.05, 0) is 61.1 Å². The van der Waals surface area contributed by atoms with Gasteiger partial charge in [0.25, 0.3) is 0 Å². The monoisotopic (exact) mass is 415 g/mol. The normalized spacial score (nSPS) is 12.2. The van der Waals surface area contributed by atoms with Crippen molar-refractivity contribution in [3.05, 3.63) is 65.0 Å². The summed E-state index contributed by atoms with van der Waals surface area (Å²) in [5.74, 6) is -0.603. The summed E-state index contributed by atoms with van der Waals surface area (Å²) in [6.45, 7) is -0.851. The van der Waals surface area contributed by atoms with Crippen LogP contribution in [0.5, 0.6) is 5.75 Å². The Morgan fingerprint density at radius 3 is 2.10 bits per heavy atom. The molecule has 4 nitrogen and oxygen atoms in total. The van der Waals surface area contributed by atoms with Crippen molar-refractivity contribution in [3.63, 3.8) is 0 Å². The number of aliphatic hydroxyl groups is 2. The molecule has 0 bridgehead atoms. The van der Waals surface area contributed by atoms with Gasteiger partial charge in [0.1, 0.15) is 11.6 Å². The van der Waals surface area contributed by atoms with E-state index in [9.17, 15) is 27.8 Å². The molecule has 0 spiro atoms. The smallest absolute Gasteiger partial charge is 0.419 e. The standard InChI is InChI=1S/C21H25F4NO3/c22-17-6-3-15(4-7-17)2-1-11-29-19-8-5-16(12-18(19)21(23,24)25)9-10-20(26,13-27)14-28/h3-8,12,27-28H,1-2,9-11,13-14,26H2. The highest BCUT2D eigenvalue weighted by Crippen LogP contribution is 2.37. The third kappa shape index (κ3) is 6.99. The average Bonchev–Trinajstić information content (AvgIpc) is 2.70. The van der Waals surface area contributed by atoms with Crippen LogP contribution in [-0.2, 0) is 19.0 Å². The molecule has 4 N–H and O–H groups in total. The molecule has 160 valence electrons. The minimum atomic E-state index is -4.59. The summed E-state index contributed by atoms with van der Waals surface area (Å²) in [5.41, 5.74) is 4.90. The van der Waals surface area contributed by atoms with Crippen LogP contribution in [-0.4, -0.2) is 35.6 Å². The lowest BCUT2D eigenvalue weighted by molar-refractivity contribution is -0.139. The highest BCUT2D eigenvalue weighted by Gasteiger charge is 2.35. The maximum Gasteiger partial charge on any atom is 0.419 e. The van der Waals surface area contributed by atoms with Crippen LogP contribution in [0.15, 0.2) is 42.5 Å². The number of aryl methyl sites for hydroxylation is 2. The lowest BCUT2D eigenvalue weighted by Crippen LogP contribution is -2.47. The number of hydrogen-bond donors (Lipinski definition) is 3. The van der Waals surface area contributed by atoms with Crippen molar-refractivity contribution in [2.45, 2.75) is 37.4 Å². The molecule has 0 unspecified atom stereocenters. The number of rotatable bonds is 10. The van der Waals surface area contributed by atoms with Gasteiger partial charge in [0.05, 0.1) is 30.9 Å². The van der Waals surface area contributed by atoms with Crippen LogP contribution in [0.2, 0.25) is 0 Å². The first-order chi connectivity index (χ1) is 13.7. The Morgan fingerprint density at radius 2 is 1.52 bits per heavy atom. The minimum absolute atomic E-state index is 0.0841. The molecule has 0 saturated heterocycles. The van der Waals surface area contributed by atoms with E-state index in [1.165, 1.54) is 24.3 Å². The fourth-order valence-corrected chi connectivity index (χ4v) is 2.79. The van der Waals surface area contributed by atoms with Crippen molar-refractivity contribution in [2.75, 3.05) is 19.8 Å². The third-order valence-corrected chi connectivity index (χ3v) is 4.67. The molecule has 0 atom stereocenters. The second-order valence-corrected chi connectivity index (χ2v) is 7.09. The van der Waals surface area contributed by atoms with Crippen LogP contribution in [0.25, 0.3) is 0 Å². The van der Waals surface area contributed by atoms with Crippen LogP contribution < -0.4 is 10.5 Å². The molecule has 8 heteroatoms. The van der Waals surface area contributed by atoms with E-state index in [1.54, 1.807) is 12.1 Å². The molecule has 0 amide bonds.